The number of ether oxygens (including phenoxy) is 1. The van der Waals surface area contributed by atoms with E-state index in [9.17, 15) is 14.7 Å². The smallest absolute Gasteiger partial charge is 0.305 e. The van der Waals surface area contributed by atoms with E-state index in [2.05, 4.69) is 0 Å². The molecule has 1 aromatic heterocycles. The van der Waals surface area contributed by atoms with Crippen LogP contribution in [0.1, 0.15) is 29.2 Å². The number of aliphatic imine (C=N–C) groups is 1. The van der Waals surface area contributed by atoms with E-state index in [-0.39, 0.29) is 12.0 Å². The molecule has 1 aliphatic heterocycles. The molecular weight excluding hydrogens is 404 g/mol. The molecule has 0 amide bonds. The quantitative estimate of drug-likeness (QED) is 0.686. The Kier molecular flexibility index (Phi) is 5.18. The van der Waals surface area contributed by atoms with E-state index in [1.807, 2.05) is 30.3 Å². The van der Waals surface area contributed by atoms with Crippen molar-refractivity contribution < 1.29 is 14.6 Å². The van der Waals surface area contributed by atoms with E-state index < -0.39 is 12.0 Å². The number of hydrogen-bond donors (Lipinski definition) is 1. The summed E-state index contributed by atoms with van der Waals surface area (Å²) in [5.74, 6) is -0.340. The van der Waals surface area contributed by atoms with Gasteiger partial charge in [-0.1, -0.05) is 23.7 Å². The fraction of sp³-hybridized carbons (Fsp3) is 0.174. The molecule has 0 saturated carbocycles. The molecule has 0 radical (unpaired) electrons. The molecule has 0 bridgehead atoms. The molecule has 152 valence electrons. The first kappa shape index (κ1) is 19.9. The van der Waals surface area contributed by atoms with Crippen LogP contribution in [0.15, 0.2) is 64.5 Å². The first-order valence-electron chi connectivity index (χ1n) is 9.32. The Labute approximate surface area is 178 Å². The Morgan fingerprint density at radius 3 is 2.53 bits per heavy atom. The van der Waals surface area contributed by atoms with Crippen molar-refractivity contribution in [3.05, 3.63) is 86.8 Å². The van der Waals surface area contributed by atoms with Gasteiger partial charge in [-0.2, -0.15) is 0 Å². The lowest BCUT2D eigenvalue weighted by Crippen LogP contribution is -2.18. The van der Waals surface area contributed by atoms with Gasteiger partial charge < -0.3 is 14.4 Å². The Morgan fingerprint density at radius 2 is 1.87 bits per heavy atom. The van der Waals surface area contributed by atoms with E-state index in [1.165, 1.54) is 10.6 Å². The van der Waals surface area contributed by atoms with Crippen LogP contribution in [0.5, 0.6) is 5.75 Å². The largest absolute Gasteiger partial charge is 0.497 e. The molecule has 4 rings (SSSR count). The van der Waals surface area contributed by atoms with Crippen molar-refractivity contribution in [2.24, 2.45) is 12.0 Å². The molecule has 1 unspecified atom stereocenters. The molecular formula is C23H19ClN2O4. The number of benzene rings is 2. The molecule has 0 saturated heterocycles. The fourth-order valence-corrected chi connectivity index (χ4v) is 3.81. The van der Waals surface area contributed by atoms with Crippen molar-refractivity contribution in [1.82, 2.24) is 4.57 Å². The molecule has 0 aliphatic carbocycles. The molecule has 1 aliphatic rings. The third-order valence-corrected chi connectivity index (χ3v) is 5.41. The molecule has 3 aromatic rings. The van der Waals surface area contributed by atoms with Gasteiger partial charge in [0.05, 0.1) is 25.3 Å². The summed E-state index contributed by atoms with van der Waals surface area (Å²) in [5, 5.41) is 10.1. The summed E-state index contributed by atoms with van der Waals surface area (Å²) in [7, 11) is 3.26. The van der Waals surface area contributed by atoms with Gasteiger partial charge in [-0.15, -0.1) is 0 Å². The van der Waals surface area contributed by atoms with E-state index in [0.717, 1.165) is 22.3 Å². The number of carbonyl (C=O) groups is 1. The van der Waals surface area contributed by atoms with Gasteiger partial charge in [0.25, 0.3) is 5.56 Å². The summed E-state index contributed by atoms with van der Waals surface area (Å²) in [4.78, 5) is 28.8. The van der Waals surface area contributed by atoms with E-state index in [0.29, 0.717) is 22.0 Å². The standard InChI is InChI=1S/C23H19ClN2O4/c1-26-12-19-16-8-7-15(30-2)9-18(16)23(13-3-5-14(24)6-4-13)25-20(11-22(28)29)17(19)10-21(26)27/h3-10,12,20H,11H2,1-2H3,(H,28,29). The number of aryl methyl sites for hydroxylation is 1. The van der Waals surface area contributed by atoms with Gasteiger partial charge >= 0.3 is 5.97 Å². The van der Waals surface area contributed by atoms with Crippen LogP contribution in [0.4, 0.5) is 0 Å². The van der Waals surface area contributed by atoms with Crippen LogP contribution >= 0.6 is 11.6 Å². The molecule has 2 heterocycles. The summed E-state index contributed by atoms with van der Waals surface area (Å²) in [5.41, 5.74) is 4.21. The normalized spacial score (nSPS) is 14.9. The molecule has 30 heavy (non-hydrogen) atoms. The number of rotatable bonds is 4. The molecule has 6 nitrogen and oxygen atoms in total. The predicted molar refractivity (Wildman–Crippen MR) is 116 cm³/mol. The van der Waals surface area contributed by atoms with Crippen molar-refractivity contribution in [3.8, 4) is 16.9 Å². The predicted octanol–water partition coefficient (Wildman–Crippen LogP) is 4.08. The minimum Gasteiger partial charge on any atom is -0.497 e. The molecule has 7 heteroatoms. The Hall–Kier alpha value is -3.38. The van der Waals surface area contributed by atoms with Gasteiger partial charge in [-0.05, 0) is 41.5 Å². The van der Waals surface area contributed by atoms with Crippen LogP contribution < -0.4 is 10.3 Å². The van der Waals surface area contributed by atoms with E-state index in [1.54, 1.807) is 32.5 Å². The van der Waals surface area contributed by atoms with Crippen molar-refractivity contribution in [2.75, 3.05) is 7.11 Å². The zero-order chi connectivity index (χ0) is 21.4. The van der Waals surface area contributed by atoms with Gasteiger partial charge in [0, 0.05) is 41.0 Å². The van der Waals surface area contributed by atoms with Crippen LogP contribution in [-0.2, 0) is 11.8 Å². The van der Waals surface area contributed by atoms with Crippen molar-refractivity contribution in [3.63, 3.8) is 0 Å². The maximum absolute atomic E-state index is 12.4. The monoisotopic (exact) mass is 422 g/mol. The van der Waals surface area contributed by atoms with E-state index in [4.69, 9.17) is 21.3 Å². The Bertz CT molecular complexity index is 1230. The minimum atomic E-state index is -0.991. The molecule has 0 fully saturated rings. The maximum atomic E-state index is 12.4. The van der Waals surface area contributed by atoms with Crippen LogP contribution in [-0.4, -0.2) is 28.5 Å². The molecule has 1 N–H and O–H groups in total. The van der Waals surface area contributed by atoms with E-state index >= 15 is 0 Å². The van der Waals surface area contributed by atoms with Crippen LogP contribution in [0.3, 0.4) is 0 Å². The third-order valence-electron chi connectivity index (χ3n) is 5.16. The number of halogens is 1. The van der Waals surface area contributed by atoms with Gasteiger partial charge in [0.1, 0.15) is 5.75 Å². The second-order valence-electron chi connectivity index (χ2n) is 7.10. The number of pyridine rings is 1. The lowest BCUT2D eigenvalue weighted by molar-refractivity contribution is -0.137. The third kappa shape index (κ3) is 3.62. The average Bonchev–Trinajstić information content (AvgIpc) is 2.84. The number of hydrogen-bond acceptors (Lipinski definition) is 4. The molecule has 1 atom stereocenters. The summed E-state index contributed by atoms with van der Waals surface area (Å²) < 4.78 is 6.91. The number of carboxylic acid groups (broad SMARTS) is 1. The summed E-state index contributed by atoms with van der Waals surface area (Å²) >= 11 is 6.06. The van der Waals surface area contributed by atoms with Crippen LogP contribution in [0.25, 0.3) is 11.1 Å². The summed E-state index contributed by atoms with van der Waals surface area (Å²) in [6.07, 6.45) is 1.50. The molecule has 2 aromatic carbocycles. The lowest BCUT2D eigenvalue weighted by atomic mass is 9.91. The van der Waals surface area contributed by atoms with Gasteiger partial charge in [-0.3, -0.25) is 14.6 Å². The highest BCUT2D eigenvalue weighted by Gasteiger charge is 2.27. The van der Waals surface area contributed by atoms with Crippen molar-refractivity contribution >= 4 is 23.3 Å². The Morgan fingerprint density at radius 1 is 1.13 bits per heavy atom. The minimum absolute atomic E-state index is 0.218. The van der Waals surface area contributed by atoms with Crippen LogP contribution in [0, 0.1) is 0 Å². The second kappa shape index (κ2) is 7.80. The molecule has 0 spiro atoms. The van der Waals surface area contributed by atoms with Crippen LogP contribution in [0.2, 0.25) is 5.02 Å². The average molecular weight is 423 g/mol. The number of nitrogens with zero attached hydrogens (tertiary/aromatic N) is 2. The number of carboxylic acids is 1. The highest BCUT2D eigenvalue weighted by molar-refractivity contribution is 6.30. The maximum Gasteiger partial charge on any atom is 0.305 e. The highest BCUT2D eigenvalue weighted by Crippen LogP contribution is 2.39. The number of aromatic nitrogens is 1. The van der Waals surface area contributed by atoms with Crippen molar-refractivity contribution in [2.45, 2.75) is 12.5 Å². The SMILES string of the molecule is COc1ccc2c(c1)C(c1ccc(Cl)cc1)=NC(CC(=O)O)c1cc(=O)n(C)cc1-2. The first-order chi connectivity index (χ1) is 14.4. The number of methoxy groups -OCH3 is 1. The van der Waals surface area contributed by atoms with Gasteiger partial charge in [0.15, 0.2) is 0 Å². The highest BCUT2D eigenvalue weighted by atomic mass is 35.5. The first-order valence-corrected chi connectivity index (χ1v) is 9.70. The zero-order valence-corrected chi connectivity index (χ0v) is 17.2. The zero-order valence-electron chi connectivity index (χ0n) is 16.4. The fourth-order valence-electron chi connectivity index (χ4n) is 3.68. The van der Waals surface area contributed by atoms with Crippen molar-refractivity contribution in [1.29, 1.82) is 0 Å². The van der Waals surface area contributed by atoms with Gasteiger partial charge in [0.2, 0.25) is 0 Å². The lowest BCUT2D eigenvalue weighted by Gasteiger charge is -2.15. The van der Waals surface area contributed by atoms with Gasteiger partial charge in [-0.25, -0.2) is 0 Å². The number of aliphatic carboxylic acids is 1. The topological polar surface area (TPSA) is 80.9 Å². The Balaban J connectivity index is 2.07. The summed E-state index contributed by atoms with van der Waals surface area (Å²) in [6, 6.07) is 13.6. The number of fused-ring (bicyclic) bond motifs is 3. The summed E-state index contributed by atoms with van der Waals surface area (Å²) in [6.45, 7) is 0. The second-order valence-corrected chi connectivity index (χ2v) is 7.54.